The fourth-order valence-corrected chi connectivity index (χ4v) is 5.56. The van der Waals surface area contributed by atoms with Gasteiger partial charge in [0.1, 0.15) is 5.52 Å². The second-order valence-electron chi connectivity index (χ2n) is 8.36. The molecule has 1 aliphatic heterocycles. The van der Waals surface area contributed by atoms with Gasteiger partial charge in [0.15, 0.2) is 0 Å². The summed E-state index contributed by atoms with van der Waals surface area (Å²) in [5.41, 5.74) is 3.43. The molecule has 0 spiro atoms. The number of ether oxygens (including phenoxy) is 1. The molecule has 176 valence electrons. The summed E-state index contributed by atoms with van der Waals surface area (Å²) in [6, 6.07) is 12.8. The number of hydrogen-bond acceptors (Lipinski definition) is 6. The third-order valence-electron chi connectivity index (χ3n) is 5.97. The molecule has 0 bridgehead atoms. The average Bonchev–Trinajstić information content (AvgIpc) is 3.24. The van der Waals surface area contributed by atoms with Crippen LogP contribution >= 0.6 is 0 Å². The number of benzene rings is 2. The van der Waals surface area contributed by atoms with Crippen molar-refractivity contribution in [3.8, 4) is 0 Å². The van der Waals surface area contributed by atoms with Crippen molar-refractivity contribution in [3.05, 3.63) is 53.6 Å². The van der Waals surface area contributed by atoms with E-state index >= 15 is 0 Å². The Balaban J connectivity index is 1.44. The van der Waals surface area contributed by atoms with Gasteiger partial charge in [0.2, 0.25) is 15.9 Å². The van der Waals surface area contributed by atoms with Gasteiger partial charge < -0.3 is 10.1 Å². The SMILES string of the molecule is COCCn1nnc2cc(S(=O)(=O)N3CCC[C@@H](C(=O)NCc4ccc(C)cc4)C3)ccc21. The topological polar surface area (TPSA) is 106 Å². The summed E-state index contributed by atoms with van der Waals surface area (Å²) in [5, 5.41) is 11.1. The molecule has 1 N–H and O–H groups in total. The summed E-state index contributed by atoms with van der Waals surface area (Å²) in [5.74, 6) is -0.496. The lowest BCUT2D eigenvalue weighted by atomic mass is 9.98. The molecule has 0 aliphatic carbocycles. The molecule has 9 nitrogen and oxygen atoms in total. The molecule has 1 saturated heterocycles. The minimum Gasteiger partial charge on any atom is -0.383 e. The Labute approximate surface area is 193 Å². The average molecular weight is 472 g/mol. The quantitative estimate of drug-likeness (QED) is 0.539. The van der Waals surface area contributed by atoms with Gasteiger partial charge >= 0.3 is 0 Å². The lowest BCUT2D eigenvalue weighted by molar-refractivity contribution is -0.126. The van der Waals surface area contributed by atoms with Gasteiger partial charge in [0.25, 0.3) is 0 Å². The van der Waals surface area contributed by atoms with E-state index in [4.69, 9.17) is 4.74 Å². The Hall–Kier alpha value is -2.82. The molecule has 1 fully saturated rings. The van der Waals surface area contributed by atoms with Gasteiger partial charge in [-0.15, -0.1) is 5.10 Å². The first-order valence-electron chi connectivity index (χ1n) is 11.0. The van der Waals surface area contributed by atoms with Crippen LogP contribution < -0.4 is 5.32 Å². The normalized spacial score (nSPS) is 17.3. The molecular weight excluding hydrogens is 442 g/mol. The first kappa shape index (κ1) is 23.3. The molecule has 0 unspecified atom stereocenters. The van der Waals surface area contributed by atoms with Crippen molar-refractivity contribution in [2.75, 3.05) is 26.8 Å². The fourth-order valence-electron chi connectivity index (χ4n) is 4.02. The van der Waals surface area contributed by atoms with Crippen molar-refractivity contribution in [1.82, 2.24) is 24.6 Å². The van der Waals surface area contributed by atoms with E-state index < -0.39 is 10.0 Å². The maximum absolute atomic E-state index is 13.3. The largest absolute Gasteiger partial charge is 0.383 e. The first-order chi connectivity index (χ1) is 15.9. The summed E-state index contributed by atoms with van der Waals surface area (Å²) in [4.78, 5) is 12.9. The van der Waals surface area contributed by atoms with Crippen LogP contribution in [-0.4, -0.2) is 60.4 Å². The van der Waals surface area contributed by atoms with E-state index in [1.54, 1.807) is 30.0 Å². The van der Waals surface area contributed by atoms with E-state index in [1.165, 1.54) is 4.31 Å². The molecular formula is C23H29N5O4S. The Morgan fingerprint density at radius 2 is 2.00 bits per heavy atom. The van der Waals surface area contributed by atoms with Crippen LogP contribution in [-0.2, 0) is 32.6 Å². The number of rotatable bonds is 8. The van der Waals surface area contributed by atoms with E-state index in [1.807, 2.05) is 31.2 Å². The van der Waals surface area contributed by atoms with Crippen molar-refractivity contribution in [1.29, 1.82) is 0 Å². The van der Waals surface area contributed by atoms with E-state index in [0.717, 1.165) is 16.6 Å². The van der Waals surface area contributed by atoms with Crippen LogP contribution in [0.5, 0.6) is 0 Å². The van der Waals surface area contributed by atoms with Gasteiger partial charge in [-0.2, -0.15) is 4.31 Å². The summed E-state index contributed by atoms with van der Waals surface area (Å²) in [6.07, 6.45) is 1.30. The minimum atomic E-state index is -3.75. The highest BCUT2D eigenvalue weighted by atomic mass is 32.2. The lowest BCUT2D eigenvalue weighted by Gasteiger charge is -2.31. The number of aryl methyl sites for hydroxylation is 1. The van der Waals surface area contributed by atoms with Crippen LogP contribution in [0, 0.1) is 12.8 Å². The number of piperidine rings is 1. The minimum absolute atomic E-state index is 0.119. The Morgan fingerprint density at radius 3 is 2.76 bits per heavy atom. The third kappa shape index (κ3) is 5.23. The number of carbonyl (C=O) groups excluding carboxylic acids is 1. The van der Waals surface area contributed by atoms with E-state index in [9.17, 15) is 13.2 Å². The molecule has 1 amide bonds. The predicted molar refractivity (Wildman–Crippen MR) is 124 cm³/mol. The van der Waals surface area contributed by atoms with Crippen LogP contribution in [0.4, 0.5) is 0 Å². The zero-order chi connectivity index (χ0) is 23.4. The van der Waals surface area contributed by atoms with Crippen molar-refractivity contribution >= 4 is 27.0 Å². The zero-order valence-corrected chi connectivity index (χ0v) is 19.7. The maximum atomic E-state index is 13.3. The number of aromatic nitrogens is 3. The Morgan fingerprint density at radius 1 is 1.21 bits per heavy atom. The Kier molecular flexibility index (Phi) is 7.06. The number of sulfonamides is 1. The number of fused-ring (bicyclic) bond motifs is 1. The molecule has 1 aromatic heterocycles. The Bertz CT molecular complexity index is 1220. The lowest BCUT2D eigenvalue weighted by Crippen LogP contribution is -2.45. The van der Waals surface area contributed by atoms with Crippen molar-refractivity contribution in [2.24, 2.45) is 5.92 Å². The van der Waals surface area contributed by atoms with Gasteiger partial charge in [-0.05, 0) is 43.5 Å². The van der Waals surface area contributed by atoms with Crippen LogP contribution in [0.2, 0.25) is 0 Å². The molecule has 1 atom stereocenters. The molecule has 2 aromatic carbocycles. The summed E-state index contributed by atoms with van der Waals surface area (Å²) < 4.78 is 34.8. The number of hydrogen-bond donors (Lipinski definition) is 1. The monoisotopic (exact) mass is 471 g/mol. The number of methoxy groups -OCH3 is 1. The number of nitrogens with zero attached hydrogens (tertiary/aromatic N) is 4. The molecule has 33 heavy (non-hydrogen) atoms. The molecule has 2 heterocycles. The van der Waals surface area contributed by atoms with E-state index in [0.29, 0.717) is 44.6 Å². The second kappa shape index (κ2) is 9.98. The second-order valence-corrected chi connectivity index (χ2v) is 10.3. The van der Waals surface area contributed by atoms with Crippen LogP contribution in [0.3, 0.4) is 0 Å². The van der Waals surface area contributed by atoms with Gasteiger partial charge in [0.05, 0.1) is 29.5 Å². The van der Waals surface area contributed by atoms with Crippen LogP contribution in [0.15, 0.2) is 47.4 Å². The molecule has 10 heteroatoms. The van der Waals surface area contributed by atoms with Gasteiger partial charge in [-0.25, -0.2) is 13.1 Å². The van der Waals surface area contributed by atoms with Crippen molar-refractivity contribution in [2.45, 2.75) is 37.8 Å². The highest BCUT2D eigenvalue weighted by Gasteiger charge is 2.33. The molecule has 3 aromatic rings. The third-order valence-corrected chi connectivity index (χ3v) is 7.83. The van der Waals surface area contributed by atoms with Gasteiger partial charge in [-0.3, -0.25) is 4.79 Å². The van der Waals surface area contributed by atoms with Gasteiger partial charge in [-0.1, -0.05) is 35.0 Å². The highest BCUT2D eigenvalue weighted by molar-refractivity contribution is 7.89. The molecule has 4 rings (SSSR count). The summed E-state index contributed by atoms with van der Waals surface area (Å²) >= 11 is 0. The number of nitrogens with one attached hydrogen (secondary N) is 1. The zero-order valence-electron chi connectivity index (χ0n) is 18.9. The van der Waals surface area contributed by atoms with E-state index in [2.05, 4.69) is 15.6 Å². The molecule has 0 saturated carbocycles. The highest BCUT2D eigenvalue weighted by Crippen LogP contribution is 2.26. The smallest absolute Gasteiger partial charge is 0.243 e. The first-order valence-corrected chi connectivity index (χ1v) is 12.5. The fraction of sp³-hybridized carbons (Fsp3) is 0.435. The summed E-state index contributed by atoms with van der Waals surface area (Å²) in [7, 11) is -2.14. The standard InChI is InChI=1S/C23H29N5O4S/c1-17-5-7-18(8-6-17)15-24-23(29)19-4-3-11-27(16-19)33(30,31)20-9-10-22-21(14-20)25-26-28(22)12-13-32-2/h5-10,14,19H,3-4,11-13,15-16H2,1-2H3,(H,24,29)/t19-/m1/s1. The van der Waals surface area contributed by atoms with Gasteiger partial charge in [0, 0.05) is 26.7 Å². The van der Waals surface area contributed by atoms with Crippen LogP contribution in [0.25, 0.3) is 11.0 Å². The maximum Gasteiger partial charge on any atom is 0.243 e. The summed E-state index contributed by atoms with van der Waals surface area (Å²) in [6.45, 7) is 4.02. The van der Waals surface area contributed by atoms with Crippen LogP contribution in [0.1, 0.15) is 24.0 Å². The number of carbonyl (C=O) groups is 1. The van der Waals surface area contributed by atoms with Crippen molar-refractivity contribution < 1.29 is 17.9 Å². The molecule has 1 aliphatic rings. The molecule has 0 radical (unpaired) electrons. The van der Waals surface area contributed by atoms with Crippen molar-refractivity contribution in [3.63, 3.8) is 0 Å². The van der Waals surface area contributed by atoms with E-state index in [-0.39, 0.29) is 23.3 Å². The number of amides is 1. The predicted octanol–water partition coefficient (Wildman–Crippen LogP) is 2.10.